The SMILES string of the molecule is CC(=O)OC[C@@H]1OC(n2cnc3c(-c4ccc(N(c5ccccc5)c5ccccc5)cc4)ncnc32)[C@@H](OC(C)=O)[C@@H]1OC(C)=O. The minimum absolute atomic E-state index is 0.219. The van der Waals surface area contributed by atoms with Crippen LogP contribution in [0.15, 0.2) is 97.6 Å². The Hall–Kier alpha value is -5.62. The van der Waals surface area contributed by atoms with Gasteiger partial charge in [-0.3, -0.25) is 19.0 Å². The molecule has 3 aromatic carbocycles. The maximum atomic E-state index is 12.1. The summed E-state index contributed by atoms with van der Waals surface area (Å²) in [6, 6.07) is 28.1. The van der Waals surface area contributed by atoms with Gasteiger partial charge in [-0.05, 0) is 36.4 Å². The number of hydrogen-bond donors (Lipinski definition) is 0. The van der Waals surface area contributed by atoms with E-state index in [4.69, 9.17) is 18.9 Å². The second-order valence-electron chi connectivity index (χ2n) is 10.6. The molecule has 0 saturated carbocycles. The molecule has 0 amide bonds. The number of imidazole rings is 1. The fraction of sp³-hybridized carbons (Fsp3) is 0.235. The summed E-state index contributed by atoms with van der Waals surface area (Å²) in [7, 11) is 0. The molecular formula is C34H31N5O7. The summed E-state index contributed by atoms with van der Waals surface area (Å²) < 4.78 is 24.0. The molecule has 2 aromatic heterocycles. The summed E-state index contributed by atoms with van der Waals surface area (Å²) in [5, 5.41) is 0. The van der Waals surface area contributed by atoms with Gasteiger partial charge in [-0.15, -0.1) is 0 Å². The molecule has 46 heavy (non-hydrogen) atoms. The molecule has 1 saturated heterocycles. The van der Waals surface area contributed by atoms with Gasteiger partial charge in [-0.1, -0.05) is 48.5 Å². The highest BCUT2D eigenvalue weighted by Crippen LogP contribution is 2.38. The molecule has 0 bridgehead atoms. The Morgan fingerprint density at radius 2 is 1.33 bits per heavy atom. The lowest BCUT2D eigenvalue weighted by atomic mass is 10.1. The van der Waals surface area contributed by atoms with Crippen LogP contribution in [0.5, 0.6) is 0 Å². The van der Waals surface area contributed by atoms with Crippen molar-refractivity contribution in [2.75, 3.05) is 11.5 Å². The average molecular weight is 622 g/mol. The number of ether oxygens (including phenoxy) is 4. The molecule has 0 spiro atoms. The molecule has 5 aromatic rings. The summed E-state index contributed by atoms with van der Waals surface area (Å²) in [6.45, 7) is 3.51. The van der Waals surface area contributed by atoms with Crippen LogP contribution in [-0.4, -0.2) is 62.3 Å². The van der Waals surface area contributed by atoms with E-state index in [1.807, 2.05) is 60.7 Å². The first kappa shape index (κ1) is 30.4. The summed E-state index contributed by atoms with van der Waals surface area (Å²) in [4.78, 5) is 51.4. The molecule has 3 heterocycles. The topological polar surface area (TPSA) is 135 Å². The van der Waals surface area contributed by atoms with Crippen LogP contribution in [0.25, 0.3) is 22.4 Å². The van der Waals surface area contributed by atoms with Gasteiger partial charge in [-0.25, -0.2) is 15.0 Å². The number of aromatic nitrogens is 4. The van der Waals surface area contributed by atoms with Gasteiger partial charge < -0.3 is 23.8 Å². The Bertz CT molecular complexity index is 1810. The van der Waals surface area contributed by atoms with Crippen molar-refractivity contribution in [3.05, 3.63) is 97.6 Å². The van der Waals surface area contributed by atoms with Crippen molar-refractivity contribution in [2.24, 2.45) is 0 Å². The number of nitrogens with zero attached hydrogens (tertiary/aromatic N) is 5. The van der Waals surface area contributed by atoms with Crippen molar-refractivity contribution >= 4 is 46.1 Å². The summed E-state index contributed by atoms with van der Waals surface area (Å²) >= 11 is 0. The molecule has 1 unspecified atom stereocenters. The zero-order chi connectivity index (χ0) is 32.2. The predicted octanol–water partition coefficient (Wildman–Crippen LogP) is 5.29. The molecule has 6 rings (SSSR count). The summed E-state index contributed by atoms with van der Waals surface area (Å²) in [5.41, 5.74) is 5.26. The third-order valence-corrected chi connectivity index (χ3v) is 7.40. The van der Waals surface area contributed by atoms with Crippen molar-refractivity contribution in [1.29, 1.82) is 0 Å². The predicted molar refractivity (Wildman–Crippen MR) is 167 cm³/mol. The molecule has 0 N–H and O–H groups in total. The zero-order valence-corrected chi connectivity index (χ0v) is 25.3. The van der Waals surface area contributed by atoms with Crippen LogP contribution >= 0.6 is 0 Å². The Labute approximate surface area is 264 Å². The standard InChI is InChI=1S/C34H31N5O7/c1-21(40)43-18-28-31(44-22(2)41)32(45-23(3)42)34(46-28)38-20-37-30-29(35-19-36-33(30)38)24-14-16-27(17-15-24)39(25-10-6-4-7-11-25)26-12-8-5-9-13-26/h4-17,19-20,28,31-32,34H,18H2,1-3H3/t28-,31+,32-,34?/m0/s1. The van der Waals surface area contributed by atoms with Crippen LogP contribution in [0.4, 0.5) is 17.1 Å². The smallest absolute Gasteiger partial charge is 0.303 e. The molecule has 1 fully saturated rings. The fourth-order valence-corrected chi connectivity index (χ4v) is 5.54. The van der Waals surface area contributed by atoms with Gasteiger partial charge in [0.05, 0.1) is 6.33 Å². The summed E-state index contributed by atoms with van der Waals surface area (Å²) in [5.74, 6) is -1.76. The van der Waals surface area contributed by atoms with Gasteiger partial charge in [0.15, 0.2) is 24.1 Å². The maximum Gasteiger partial charge on any atom is 0.303 e. The van der Waals surface area contributed by atoms with Gasteiger partial charge in [0.1, 0.15) is 30.2 Å². The number of para-hydroxylation sites is 2. The molecule has 12 heteroatoms. The first-order valence-corrected chi connectivity index (χ1v) is 14.6. The van der Waals surface area contributed by atoms with E-state index in [2.05, 4.69) is 44.1 Å². The van der Waals surface area contributed by atoms with Crippen LogP contribution in [-0.2, 0) is 33.3 Å². The maximum absolute atomic E-state index is 12.1. The minimum atomic E-state index is -1.07. The van der Waals surface area contributed by atoms with Gasteiger partial charge in [0.2, 0.25) is 0 Å². The van der Waals surface area contributed by atoms with E-state index in [9.17, 15) is 14.4 Å². The highest BCUT2D eigenvalue weighted by Gasteiger charge is 2.51. The van der Waals surface area contributed by atoms with Crippen LogP contribution in [0, 0.1) is 0 Å². The minimum Gasteiger partial charge on any atom is -0.463 e. The molecule has 1 aliphatic heterocycles. The molecule has 4 atom stereocenters. The van der Waals surface area contributed by atoms with E-state index < -0.39 is 42.4 Å². The third kappa shape index (κ3) is 6.28. The molecular weight excluding hydrogens is 590 g/mol. The van der Waals surface area contributed by atoms with E-state index >= 15 is 0 Å². The van der Waals surface area contributed by atoms with Crippen molar-refractivity contribution in [1.82, 2.24) is 19.5 Å². The number of benzene rings is 3. The molecule has 234 valence electrons. The first-order valence-electron chi connectivity index (χ1n) is 14.6. The van der Waals surface area contributed by atoms with Crippen LogP contribution < -0.4 is 4.90 Å². The normalized spacial score (nSPS) is 19.0. The van der Waals surface area contributed by atoms with Crippen LogP contribution in [0.2, 0.25) is 0 Å². The van der Waals surface area contributed by atoms with E-state index in [1.54, 1.807) is 4.57 Å². The Morgan fingerprint density at radius 1 is 0.739 bits per heavy atom. The third-order valence-electron chi connectivity index (χ3n) is 7.40. The van der Waals surface area contributed by atoms with Crippen molar-refractivity contribution in [3.63, 3.8) is 0 Å². The lowest BCUT2D eigenvalue weighted by Gasteiger charge is -2.25. The summed E-state index contributed by atoms with van der Waals surface area (Å²) in [6.07, 6.45) is -1.10. The molecule has 0 radical (unpaired) electrons. The number of esters is 3. The van der Waals surface area contributed by atoms with E-state index in [0.29, 0.717) is 16.9 Å². The number of anilines is 3. The Balaban J connectivity index is 1.35. The number of rotatable bonds is 9. The average Bonchev–Trinajstić information content (AvgIpc) is 3.62. The van der Waals surface area contributed by atoms with Gasteiger partial charge in [0, 0.05) is 43.4 Å². The van der Waals surface area contributed by atoms with Gasteiger partial charge >= 0.3 is 17.9 Å². The highest BCUT2D eigenvalue weighted by atomic mass is 16.7. The van der Waals surface area contributed by atoms with Crippen molar-refractivity contribution in [2.45, 2.75) is 45.3 Å². The number of carbonyl (C=O) groups excluding carboxylic acids is 3. The monoisotopic (exact) mass is 621 g/mol. The highest BCUT2D eigenvalue weighted by molar-refractivity contribution is 5.88. The molecule has 12 nitrogen and oxygen atoms in total. The zero-order valence-electron chi connectivity index (χ0n) is 25.3. The largest absolute Gasteiger partial charge is 0.463 e. The van der Waals surface area contributed by atoms with Crippen LogP contribution in [0.3, 0.4) is 0 Å². The van der Waals surface area contributed by atoms with Gasteiger partial charge in [0.25, 0.3) is 0 Å². The van der Waals surface area contributed by atoms with Crippen LogP contribution in [0.1, 0.15) is 27.0 Å². The molecule has 1 aliphatic rings. The van der Waals surface area contributed by atoms with Crippen molar-refractivity contribution < 1.29 is 33.3 Å². The van der Waals surface area contributed by atoms with E-state index in [1.165, 1.54) is 33.4 Å². The Morgan fingerprint density at radius 3 is 1.91 bits per heavy atom. The van der Waals surface area contributed by atoms with Crippen molar-refractivity contribution in [3.8, 4) is 11.3 Å². The quantitative estimate of drug-likeness (QED) is 0.157. The van der Waals surface area contributed by atoms with E-state index in [0.717, 1.165) is 22.6 Å². The second kappa shape index (κ2) is 13.2. The fourth-order valence-electron chi connectivity index (χ4n) is 5.54. The number of hydrogen-bond acceptors (Lipinski definition) is 11. The first-order chi connectivity index (χ1) is 22.3. The van der Waals surface area contributed by atoms with E-state index in [-0.39, 0.29) is 6.61 Å². The Kier molecular flexibility index (Phi) is 8.70. The number of fused-ring (bicyclic) bond motifs is 1. The molecule has 0 aliphatic carbocycles. The van der Waals surface area contributed by atoms with Gasteiger partial charge in [-0.2, -0.15) is 0 Å². The lowest BCUT2D eigenvalue weighted by molar-refractivity contribution is -0.166. The lowest BCUT2D eigenvalue weighted by Crippen LogP contribution is -2.40. The second-order valence-corrected chi connectivity index (χ2v) is 10.6. The number of carbonyl (C=O) groups is 3.